The van der Waals surface area contributed by atoms with E-state index in [-0.39, 0.29) is 17.4 Å². The van der Waals surface area contributed by atoms with Crippen LogP contribution in [0.2, 0.25) is 0 Å². The maximum Gasteiger partial charge on any atom is 0.227 e. The van der Waals surface area contributed by atoms with Gasteiger partial charge >= 0.3 is 0 Å². The average Bonchev–Trinajstić information content (AvgIpc) is 3.26. The van der Waals surface area contributed by atoms with Crippen molar-refractivity contribution in [3.63, 3.8) is 0 Å². The van der Waals surface area contributed by atoms with Crippen molar-refractivity contribution in [3.05, 3.63) is 36.0 Å². The van der Waals surface area contributed by atoms with Crippen LogP contribution in [-0.4, -0.2) is 5.91 Å². The van der Waals surface area contributed by atoms with Crippen molar-refractivity contribution in [3.8, 4) is 12.1 Å². The molecule has 2 rings (SSSR count). The van der Waals surface area contributed by atoms with Gasteiger partial charge in [-0.1, -0.05) is 0 Å². The molecule has 0 bridgehead atoms. The highest BCUT2D eigenvalue weighted by Gasteiger charge is 2.29. The van der Waals surface area contributed by atoms with E-state index in [0.29, 0.717) is 0 Å². The van der Waals surface area contributed by atoms with Gasteiger partial charge in [0.2, 0.25) is 5.91 Å². The van der Waals surface area contributed by atoms with Crippen LogP contribution in [0.25, 0.3) is 0 Å². The van der Waals surface area contributed by atoms with Gasteiger partial charge in [0.1, 0.15) is 17.7 Å². The van der Waals surface area contributed by atoms with E-state index in [1.807, 2.05) is 0 Å². The van der Waals surface area contributed by atoms with Crippen LogP contribution in [0, 0.1) is 28.6 Å². The number of nitriles is 2. The first-order valence-corrected chi connectivity index (χ1v) is 5.91. The van der Waals surface area contributed by atoms with Crippen molar-refractivity contribution in [1.29, 1.82) is 10.5 Å². The summed E-state index contributed by atoms with van der Waals surface area (Å²) < 4.78 is 0. The largest absolute Gasteiger partial charge is 0.360 e. The molecule has 94 valence electrons. The molecule has 1 aliphatic rings. The predicted molar refractivity (Wildman–Crippen MR) is 70.7 cm³/mol. The zero-order chi connectivity index (χ0) is 13.7. The smallest absolute Gasteiger partial charge is 0.227 e. The number of hydrogen-bond acceptors (Lipinski definition) is 4. The Morgan fingerprint density at radius 1 is 1.16 bits per heavy atom. The zero-order valence-corrected chi connectivity index (χ0v) is 10.2. The zero-order valence-electron chi connectivity index (χ0n) is 10.2. The van der Waals surface area contributed by atoms with Crippen molar-refractivity contribution in [2.24, 2.45) is 5.92 Å². The molecular formula is C14H12N4O. The van der Waals surface area contributed by atoms with Crippen LogP contribution in [0.3, 0.4) is 0 Å². The van der Waals surface area contributed by atoms with Crippen molar-refractivity contribution in [1.82, 2.24) is 0 Å². The Kier molecular flexibility index (Phi) is 3.80. The summed E-state index contributed by atoms with van der Waals surface area (Å²) in [5.41, 5.74) is 1.49. The molecule has 0 unspecified atom stereocenters. The molecular weight excluding hydrogens is 240 g/mol. The predicted octanol–water partition coefficient (Wildman–Crippen LogP) is 2.38. The Morgan fingerprint density at radius 2 is 1.74 bits per heavy atom. The highest BCUT2D eigenvalue weighted by atomic mass is 16.2. The van der Waals surface area contributed by atoms with Gasteiger partial charge in [0, 0.05) is 23.5 Å². The number of allylic oxidation sites excluding steroid dienone is 1. The summed E-state index contributed by atoms with van der Waals surface area (Å²) in [4.78, 5) is 11.5. The summed E-state index contributed by atoms with van der Waals surface area (Å²) in [5, 5.41) is 22.8. The molecule has 0 spiro atoms. The van der Waals surface area contributed by atoms with Gasteiger partial charge in [-0.05, 0) is 37.1 Å². The molecule has 5 heteroatoms. The number of nitrogens with zero attached hydrogens (tertiary/aromatic N) is 2. The van der Waals surface area contributed by atoms with E-state index in [1.54, 1.807) is 36.4 Å². The van der Waals surface area contributed by atoms with Crippen molar-refractivity contribution in [2.45, 2.75) is 12.8 Å². The fourth-order valence-corrected chi connectivity index (χ4v) is 1.48. The van der Waals surface area contributed by atoms with Crippen LogP contribution < -0.4 is 10.6 Å². The Hall–Kier alpha value is -2.79. The number of nitrogens with one attached hydrogen (secondary N) is 2. The number of carbonyl (C=O) groups is 1. The molecule has 5 nitrogen and oxygen atoms in total. The second kappa shape index (κ2) is 5.70. The standard InChI is InChI=1S/C14H12N4O/c15-7-10(8-16)9-17-12-3-5-13(6-4-12)18-14(19)11-1-2-11/h3-6,9,11,17H,1-2H2,(H,18,19). The summed E-state index contributed by atoms with van der Waals surface area (Å²) in [6.07, 6.45) is 3.29. The number of hydrogen-bond donors (Lipinski definition) is 2. The molecule has 0 heterocycles. The first-order chi connectivity index (χ1) is 9.22. The average molecular weight is 252 g/mol. The Bertz CT molecular complexity index is 569. The first-order valence-electron chi connectivity index (χ1n) is 5.91. The van der Waals surface area contributed by atoms with E-state index in [2.05, 4.69) is 10.6 Å². The van der Waals surface area contributed by atoms with Crippen molar-refractivity contribution in [2.75, 3.05) is 10.6 Å². The lowest BCUT2D eigenvalue weighted by molar-refractivity contribution is -0.117. The van der Waals surface area contributed by atoms with Gasteiger partial charge < -0.3 is 10.6 Å². The van der Waals surface area contributed by atoms with Crippen LogP contribution in [0.15, 0.2) is 36.0 Å². The second-order valence-corrected chi connectivity index (χ2v) is 4.27. The van der Waals surface area contributed by atoms with Crippen LogP contribution in [-0.2, 0) is 4.79 Å². The van der Waals surface area contributed by atoms with E-state index in [4.69, 9.17) is 10.5 Å². The maximum absolute atomic E-state index is 11.5. The van der Waals surface area contributed by atoms with Gasteiger partial charge in [0.15, 0.2) is 0 Å². The summed E-state index contributed by atoms with van der Waals surface area (Å²) in [7, 11) is 0. The van der Waals surface area contributed by atoms with Gasteiger partial charge in [-0.25, -0.2) is 0 Å². The Labute approximate surface area is 111 Å². The lowest BCUT2D eigenvalue weighted by Crippen LogP contribution is -2.13. The van der Waals surface area contributed by atoms with Gasteiger partial charge in [-0.3, -0.25) is 4.79 Å². The fourth-order valence-electron chi connectivity index (χ4n) is 1.48. The first kappa shape index (κ1) is 12.7. The minimum absolute atomic E-state index is 0.00566. The van der Waals surface area contributed by atoms with Crippen LogP contribution >= 0.6 is 0 Å². The van der Waals surface area contributed by atoms with Gasteiger partial charge in [-0.15, -0.1) is 0 Å². The molecule has 0 radical (unpaired) electrons. The van der Waals surface area contributed by atoms with E-state index >= 15 is 0 Å². The summed E-state index contributed by atoms with van der Waals surface area (Å²) in [5.74, 6) is 0.242. The summed E-state index contributed by atoms with van der Waals surface area (Å²) >= 11 is 0. The van der Waals surface area contributed by atoms with Crippen LogP contribution in [0.5, 0.6) is 0 Å². The van der Waals surface area contributed by atoms with Gasteiger partial charge in [-0.2, -0.15) is 10.5 Å². The summed E-state index contributed by atoms with van der Waals surface area (Å²) in [6, 6.07) is 10.6. The van der Waals surface area contributed by atoms with E-state index in [9.17, 15) is 4.79 Å². The third-order valence-corrected chi connectivity index (χ3v) is 2.72. The highest BCUT2D eigenvalue weighted by molar-refractivity contribution is 5.94. The van der Waals surface area contributed by atoms with E-state index in [1.165, 1.54) is 6.20 Å². The van der Waals surface area contributed by atoms with Gasteiger partial charge in [0.25, 0.3) is 0 Å². The molecule has 0 aliphatic heterocycles. The highest BCUT2D eigenvalue weighted by Crippen LogP contribution is 2.30. The minimum atomic E-state index is 0.00566. The number of anilines is 2. The van der Waals surface area contributed by atoms with Crippen LogP contribution in [0.1, 0.15) is 12.8 Å². The second-order valence-electron chi connectivity index (χ2n) is 4.27. The summed E-state index contributed by atoms with van der Waals surface area (Å²) in [6.45, 7) is 0. The van der Waals surface area contributed by atoms with E-state index in [0.717, 1.165) is 24.2 Å². The molecule has 1 aliphatic carbocycles. The number of benzene rings is 1. The molecule has 1 aromatic carbocycles. The lowest BCUT2D eigenvalue weighted by Gasteiger charge is -2.05. The molecule has 0 aromatic heterocycles. The normalized spacial score (nSPS) is 12.7. The molecule has 2 N–H and O–H groups in total. The lowest BCUT2D eigenvalue weighted by atomic mass is 10.2. The molecule has 1 aromatic rings. The van der Waals surface area contributed by atoms with Gasteiger partial charge in [0.05, 0.1) is 0 Å². The minimum Gasteiger partial charge on any atom is -0.360 e. The SMILES string of the molecule is N#CC(C#N)=CNc1ccc(NC(=O)C2CC2)cc1. The Balaban J connectivity index is 1.95. The Morgan fingerprint density at radius 3 is 2.26 bits per heavy atom. The molecule has 0 atom stereocenters. The number of carbonyl (C=O) groups excluding carboxylic acids is 1. The van der Waals surface area contributed by atoms with Crippen LogP contribution in [0.4, 0.5) is 11.4 Å². The monoisotopic (exact) mass is 252 g/mol. The van der Waals surface area contributed by atoms with Crippen molar-refractivity contribution >= 4 is 17.3 Å². The quantitative estimate of drug-likeness (QED) is 0.805. The number of rotatable bonds is 4. The molecule has 0 saturated heterocycles. The molecule has 1 saturated carbocycles. The topological polar surface area (TPSA) is 88.7 Å². The third kappa shape index (κ3) is 3.58. The molecule has 1 amide bonds. The molecule has 1 fully saturated rings. The molecule has 19 heavy (non-hydrogen) atoms. The fraction of sp³-hybridized carbons (Fsp3) is 0.214. The third-order valence-electron chi connectivity index (χ3n) is 2.72. The van der Waals surface area contributed by atoms with E-state index < -0.39 is 0 Å². The number of amides is 1. The van der Waals surface area contributed by atoms with Crippen molar-refractivity contribution < 1.29 is 4.79 Å². The maximum atomic E-state index is 11.5.